The van der Waals surface area contributed by atoms with Crippen LogP contribution in [0.4, 0.5) is 11.6 Å². The topological polar surface area (TPSA) is 105 Å². The number of ether oxygens (including phenoxy) is 1. The van der Waals surface area contributed by atoms with Gasteiger partial charge in [-0.3, -0.25) is 9.59 Å². The number of benzene rings is 2. The molecule has 2 amide bonds. The molecule has 0 radical (unpaired) electrons. The maximum Gasteiger partial charge on any atom is 0.250 e. The summed E-state index contributed by atoms with van der Waals surface area (Å²) in [5, 5.41) is 15.0. The number of nitrogens with one attached hydrogen (secondary N) is 1. The molecule has 2 aromatic carbocycles. The third-order valence-electron chi connectivity index (χ3n) is 6.14. The van der Waals surface area contributed by atoms with E-state index in [0.29, 0.717) is 58.0 Å². The van der Waals surface area contributed by atoms with Gasteiger partial charge in [0.15, 0.2) is 0 Å². The predicted molar refractivity (Wildman–Crippen MR) is 126 cm³/mol. The number of piperazine rings is 1. The number of hydrogen-bond acceptors (Lipinski definition) is 7. The highest BCUT2D eigenvalue weighted by molar-refractivity contribution is 5.94. The quantitative estimate of drug-likeness (QED) is 0.537. The van der Waals surface area contributed by atoms with Gasteiger partial charge in [0.1, 0.15) is 5.75 Å². The lowest BCUT2D eigenvalue weighted by molar-refractivity contribution is -0.131. The van der Waals surface area contributed by atoms with Gasteiger partial charge < -0.3 is 19.9 Å². The normalized spacial score (nSPS) is 15.6. The van der Waals surface area contributed by atoms with E-state index in [1.54, 1.807) is 4.68 Å². The maximum absolute atomic E-state index is 12.7. The van der Waals surface area contributed by atoms with E-state index in [2.05, 4.69) is 25.7 Å². The third-order valence-corrected chi connectivity index (χ3v) is 6.14. The molecule has 10 heteroatoms. The number of amides is 2. The number of hydrogen-bond donors (Lipinski definition) is 1. The van der Waals surface area contributed by atoms with E-state index >= 15 is 0 Å². The largest absolute Gasteiger partial charge is 0.494 e. The first-order valence-electron chi connectivity index (χ1n) is 11.6. The van der Waals surface area contributed by atoms with E-state index < -0.39 is 0 Å². The molecule has 2 aliphatic rings. The van der Waals surface area contributed by atoms with Gasteiger partial charge in [-0.2, -0.15) is 4.68 Å². The molecule has 10 nitrogen and oxygen atoms in total. The number of fused-ring (bicyclic) bond motifs is 1. The van der Waals surface area contributed by atoms with Crippen LogP contribution in [0.1, 0.15) is 24.8 Å². The summed E-state index contributed by atoms with van der Waals surface area (Å²) in [6.45, 7) is 3.11. The summed E-state index contributed by atoms with van der Waals surface area (Å²) >= 11 is 0. The molecule has 0 saturated carbocycles. The van der Waals surface area contributed by atoms with Crippen molar-refractivity contribution in [2.24, 2.45) is 0 Å². The number of carbonyl (C=O) groups excluding carboxylic acids is 2. The Hall–Kier alpha value is -3.95. The fourth-order valence-electron chi connectivity index (χ4n) is 4.29. The second kappa shape index (κ2) is 9.90. The van der Waals surface area contributed by atoms with Crippen LogP contribution in [-0.4, -0.2) is 69.7 Å². The number of carbonyl (C=O) groups is 2. The van der Waals surface area contributed by atoms with Crippen molar-refractivity contribution in [3.63, 3.8) is 0 Å². The zero-order valence-electron chi connectivity index (χ0n) is 18.9. The molecule has 1 saturated heterocycles. The summed E-state index contributed by atoms with van der Waals surface area (Å²) in [5.41, 5.74) is 2.85. The Labute approximate surface area is 197 Å². The Balaban J connectivity index is 1.07. The Kier molecular flexibility index (Phi) is 6.37. The van der Waals surface area contributed by atoms with Crippen LogP contribution in [0.15, 0.2) is 48.5 Å². The molecular weight excluding hydrogens is 434 g/mol. The molecule has 0 spiro atoms. The summed E-state index contributed by atoms with van der Waals surface area (Å²) in [6.07, 6.45) is 2.32. The number of aromatic nitrogens is 4. The molecule has 2 aliphatic heterocycles. The van der Waals surface area contributed by atoms with Crippen molar-refractivity contribution in [3.05, 3.63) is 54.1 Å². The van der Waals surface area contributed by atoms with Gasteiger partial charge in [-0.15, -0.1) is 0 Å². The predicted octanol–water partition coefficient (Wildman–Crippen LogP) is 2.05. The molecule has 3 aromatic rings. The first-order chi connectivity index (χ1) is 16.7. The molecule has 3 heterocycles. The van der Waals surface area contributed by atoms with Crippen LogP contribution in [0.3, 0.4) is 0 Å². The van der Waals surface area contributed by atoms with E-state index in [-0.39, 0.29) is 11.8 Å². The number of nitrogens with zero attached hydrogens (tertiary/aromatic N) is 6. The van der Waals surface area contributed by atoms with Gasteiger partial charge in [0.2, 0.25) is 17.8 Å². The number of para-hydroxylation sites is 1. The number of rotatable bonds is 7. The van der Waals surface area contributed by atoms with Gasteiger partial charge in [0.05, 0.1) is 12.3 Å². The van der Waals surface area contributed by atoms with E-state index in [1.807, 2.05) is 53.4 Å². The number of tetrazole rings is 1. The van der Waals surface area contributed by atoms with Crippen molar-refractivity contribution in [3.8, 4) is 11.4 Å². The Morgan fingerprint density at radius 2 is 1.85 bits per heavy atom. The van der Waals surface area contributed by atoms with Crippen LogP contribution in [0.5, 0.6) is 5.75 Å². The van der Waals surface area contributed by atoms with Crippen LogP contribution in [0.2, 0.25) is 0 Å². The molecule has 1 N–H and O–H groups in total. The number of aryl methyl sites for hydroxylation is 1. The van der Waals surface area contributed by atoms with Gasteiger partial charge >= 0.3 is 0 Å². The average molecular weight is 462 g/mol. The molecular formula is C24H27N7O3. The first-order valence-corrected chi connectivity index (χ1v) is 11.6. The summed E-state index contributed by atoms with van der Waals surface area (Å²) < 4.78 is 7.57. The molecule has 0 unspecified atom stereocenters. The fourth-order valence-corrected chi connectivity index (χ4v) is 4.29. The van der Waals surface area contributed by atoms with Gasteiger partial charge in [-0.05, 0) is 59.2 Å². The molecule has 1 fully saturated rings. The van der Waals surface area contributed by atoms with Crippen LogP contribution < -0.4 is 15.0 Å². The van der Waals surface area contributed by atoms with Crippen molar-refractivity contribution in [1.29, 1.82) is 0 Å². The monoisotopic (exact) mass is 461 g/mol. The van der Waals surface area contributed by atoms with Crippen LogP contribution in [0, 0.1) is 0 Å². The molecule has 1 aromatic heterocycles. The summed E-state index contributed by atoms with van der Waals surface area (Å²) in [4.78, 5) is 28.2. The fraction of sp³-hybridized carbons (Fsp3) is 0.375. The van der Waals surface area contributed by atoms with Crippen LogP contribution >= 0.6 is 0 Å². The van der Waals surface area contributed by atoms with Crippen molar-refractivity contribution in [1.82, 2.24) is 25.1 Å². The maximum atomic E-state index is 12.7. The highest BCUT2D eigenvalue weighted by Crippen LogP contribution is 2.27. The van der Waals surface area contributed by atoms with E-state index in [9.17, 15) is 9.59 Å². The molecule has 5 rings (SSSR count). The molecule has 176 valence electrons. The first kappa shape index (κ1) is 21.9. The zero-order chi connectivity index (χ0) is 23.3. The molecule has 0 bridgehead atoms. The molecule has 0 atom stereocenters. The van der Waals surface area contributed by atoms with Crippen molar-refractivity contribution < 1.29 is 14.3 Å². The highest BCUT2D eigenvalue weighted by Gasteiger charge is 2.24. The van der Waals surface area contributed by atoms with Gasteiger partial charge in [-0.1, -0.05) is 23.3 Å². The zero-order valence-corrected chi connectivity index (χ0v) is 18.9. The SMILES string of the molecule is O=C1CCc2cc(OCCCC(=O)N3CCN(c4nnnn4-c4ccccc4)CC3)ccc2N1. The lowest BCUT2D eigenvalue weighted by Crippen LogP contribution is -2.49. The summed E-state index contributed by atoms with van der Waals surface area (Å²) in [6, 6.07) is 15.5. The Morgan fingerprint density at radius 3 is 2.68 bits per heavy atom. The van der Waals surface area contributed by atoms with Gasteiger partial charge in [0.25, 0.3) is 0 Å². The lowest BCUT2D eigenvalue weighted by Gasteiger charge is -2.34. The Morgan fingerprint density at radius 1 is 1.03 bits per heavy atom. The minimum absolute atomic E-state index is 0.0512. The minimum atomic E-state index is 0.0512. The lowest BCUT2D eigenvalue weighted by atomic mass is 10.0. The second-order valence-electron chi connectivity index (χ2n) is 8.41. The summed E-state index contributed by atoms with van der Waals surface area (Å²) in [7, 11) is 0. The van der Waals surface area contributed by atoms with E-state index in [4.69, 9.17) is 4.74 Å². The van der Waals surface area contributed by atoms with Crippen LogP contribution in [0.25, 0.3) is 5.69 Å². The van der Waals surface area contributed by atoms with Gasteiger partial charge in [0, 0.05) is 44.7 Å². The highest BCUT2D eigenvalue weighted by atomic mass is 16.5. The van der Waals surface area contributed by atoms with E-state index in [1.165, 1.54) is 0 Å². The molecule has 0 aliphatic carbocycles. The molecule has 34 heavy (non-hydrogen) atoms. The standard InChI is InChI=1S/C24H27N7O3/c32-22-11-8-18-17-20(9-10-21(18)25-22)34-16-4-7-23(33)29-12-14-30(15-13-29)24-26-27-28-31(24)19-5-2-1-3-6-19/h1-3,5-6,9-10,17H,4,7-8,11-16H2,(H,25,32). The summed E-state index contributed by atoms with van der Waals surface area (Å²) in [5.74, 6) is 1.65. The third kappa shape index (κ3) is 4.85. The smallest absolute Gasteiger partial charge is 0.250 e. The average Bonchev–Trinajstić information content (AvgIpc) is 3.37. The van der Waals surface area contributed by atoms with E-state index in [0.717, 1.165) is 29.1 Å². The van der Waals surface area contributed by atoms with Gasteiger partial charge in [-0.25, -0.2) is 0 Å². The minimum Gasteiger partial charge on any atom is -0.494 e. The van der Waals surface area contributed by atoms with Crippen molar-refractivity contribution >= 4 is 23.5 Å². The van der Waals surface area contributed by atoms with Crippen molar-refractivity contribution in [2.75, 3.05) is 43.0 Å². The second-order valence-corrected chi connectivity index (χ2v) is 8.41. The van der Waals surface area contributed by atoms with Crippen molar-refractivity contribution in [2.45, 2.75) is 25.7 Å². The Bertz CT molecular complexity index is 1160. The number of anilines is 2. The van der Waals surface area contributed by atoms with Crippen LogP contribution in [-0.2, 0) is 16.0 Å².